The van der Waals surface area contributed by atoms with Crippen LogP contribution in [0.4, 0.5) is 0 Å². The topological polar surface area (TPSA) is 440 Å². The van der Waals surface area contributed by atoms with E-state index in [-0.39, 0.29) is 65.8 Å². The fourth-order valence-electron chi connectivity index (χ4n) is 6.58. The third-order valence-corrected chi connectivity index (χ3v) is 11.8. The van der Waals surface area contributed by atoms with Gasteiger partial charge in [-0.15, -0.1) is 5.75 Å². The summed E-state index contributed by atoms with van der Waals surface area (Å²) < 4.78 is 54.6. The van der Waals surface area contributed by atoms with Gasteiger partial charge in [-0.2, -0.15) is 0 Å². The van der Waals surface area contributed by atoms with Crippen molar-refractivity contribution in [2.24, 2.45) is 0 Å². The van der Waals surface area contributed by atoms with Crippen molar-refractivity contribution in [3.63, 3.8) is 0 Å². The van der Waals surface area contributed by atoms with Gasteiger partial charge in [0.25, 0.3) is 0 Å². The van der Waals surface area contributed by atoms with Crippen LogP contribution in [0.15, 0.2) is 72.8 Å². The molecule has 0 fully saturated rings. The zero-order valence-corrected chi connectivity index (χ0v) is 54.2. The van der Waals surface area contributed by atoms with Crippen LogP contribution in [-0.4, -0.2) is 138 Å². The van der Waals surface area contributed by atoms with Crippen molar-refractivity contribution in [2.45, 2.75) is 84.6 Å². The van der Waals surface area contributed by atoms with E-state index in [0.29, 0.717) is 41.9 Å². The molecule has 0 aliphatic carbocycles. The Labute approximate surface area is 533 Å². The first-order valence-corrected chi connectivity index (χ1v) is 30.3. The standard InChI is InChI=1S/C27H34N4O8S.C25H32N4O7S.Na.5O.2Tc/c1-4-5-26(39-21-9-8-19-10-18(16(2)27(37)38)6-7-20(19)11-21)31-24(35)14-29-22(33)12-28-23(34)13-30-25(36)15-40-17(3)32;1-3-4-24(29-22(32)13-27-20(30)11-26-21(31)12-28-23(33)14-37)36-19-8-7-17-9-16(15(2)25(34)35)5-6-18(17)10-19;;;;;;;;/h6-11,16,26H,4-5,12-15H2,1-3H3,(H,28,34)(H,29,33)(H,30,36)(H,31,35)(H,37,38);5-10,15,24H,3-4,11-14H2,1-2H3,(H6,26,27,28,29,30,31,32,33,34,35,37);;;;;;;;/q;;+1;;;;;-1;+4;/p-4/t16-,26?;15-,24?;;;;;;;;/m00......../s1/i;;;;;;;;1+1;. The molecule has 0 aliphatic rings. The van der Waals surface area contributed by atoms with E-state index in [1.165, 1.54) is 6.92 Å². The molecule has 4 rings (SSSR count). The van der Waals surface area contributed by atoms with Gasteiger partial charge in [0.05, 0.1) is 37.2 Å². The molecule has 0 saturated carbocycles. The van der Waals surface area contributed by atoms with Crippen LogP contribution in [0, 0.1) is 0 Å². The van der Waals surface area contributed by atoms with E-state index >= 15 is 0 Å². The zero-order chi connectivity index (χ0) is 63.5. The molecule has 0 saturated heterocycles. The van der Waals surface area contributed by atoms with Crippen LogP contribution in [0.2, 0.25) is 0 Å². The number of thioether (sulfide) groups is 1. The molecule has 2 unspecified atom stereocenters. The van der Waals surface area contributed by atoms with Crippen molar-refractivity contribution in [2.75, 3.05) is 50.8 Å². The molecule has 0 spiro atoms. The number of aliphatic carboxylic acids is 2. The van der Waals surface area contributed by atoms with Gasteiger partial charge in [0.15, 0.2) is 17.6 Å². The predicted molar refractivity (Wildman–Crippen MR) is 292 cm³/mol. The molecule has 7 N–H and O–H groups in total. The molecule has 4 aromatic rings. The van der Waals surface area contributed by atoms with Crippen LogP contribution < -0.4 is 69.5 Å². The molecule has 0 aliphatic heterocycles. The normalized spacial score (nSPS) is 11.7. The Bertz CT molecular complexity index is 3130. The quantitative estimate of drug-likeness (QED) is 0.0205. The Hall–Kier alpha value is -6.47. The van der Waals surface area contributed by atoms with E-state index in [1.54, 1.807) is 50.2 Å². The van der Waals surface area contributed by atoms with Gasteiger partial charge >= 0.3 is 93.8 Å². The van der Waals surface area contributed by atoms with Gasteiger partial charge in [0.2, 0.25) is 29.5 Å². The van der Waals surface area contributed by atoms with E-state index in [2.05, 4.69) is 55.2 Å². The number of carbonyl (C=O) groups is 11. The number of fused-ring (bicyclic) bond motifs is 2. The van der Waals surface area contributed by atoms with E-state index in [4.69, 9.17) is 27.4 Å². The monoisotopic (exact) mass is 1400 g/mol. The maximum absolute atomic E-state index is 12.4. The molecule has 28 nitrogen and oxygen atoms in total. The Kier molecular flexibility index (Phi) is 39.1. The molecule has 0 radical (unpaired) electrons. The summed E-state index contributed by atoms with van der Waals surface area (Å²) in [5.74, 6) is -7.21. The van der Waals surface area contributed by atoms with Gasteiger partial charge < -0.3 is 89.2 Å². The Morgan fingerprint density at radius 3 is 1.32 bits per heavy atom. The van der Waals surface area contributed by atoms with E-state index in [1.807, 2.05) is 50.2 Å². The molecule has 8 amide bonds. The van der Waals surface area contributed by atoms with Gasteiger partial charge in [-0.05, 0) is 77.3 Å². The minimum absolute atomic E-state index is 0. The number of amides is 8. The summed E-state index contributed by atoms with van der Waals surface area (Å²) in [6, 6.07) is 21.5. The average molecular weight is 1400 g/mol. The average Bonchev–Trinajstić information content (AvgIpc) is 2.74. The molecular formula is C52H62N8NaO20S2Tc2. The summed E-state index contributed by atoms with van der Waals surface area (Å²) in [6.45, 7) is 5.86. The van der Waals surface area contributed by atoms with Crippen molar-refractivity contribution in [3.05, 3.63) is 99.9 Å². The fourth-order valence-corrected chi connectivity index (χ4v) is 7.11. The number of benzene rings is 4. The van der Waals surface area contributed by atoms with Gasteiger partial charge in [0, 0.05) is 37.5 Å². The summed E-state index contributed by atoms with van der Waals surface area (Å²) in [4.78, 5) is 128. The first-order valence-electron chi connectivity index (χ1n) is 25.0. The second-order valence-electron chi connectivity index (χ2n) is 17.3. The molecule has 0 bridgehead atoms. The number of carboxylic acids is 2. The minimum atomic E-state index is -5.94. The second kappa shape index (κ2) is 42.4. The predicted octanol–water partition coefficient (Wildman–Crippen LogP) is -0.491. The number of rotatable bonds is 29. The number of carbonyl (C=O) groups excluding carboxylic acids is 9. The van der Waals surface area contributed by atoms with Gasteiger partial charge in [-0.25, -0.2) is 0 Å². The molecule has 457 valence electrons. The summed E-state index contributed by atoms with van der Waals surface area (Å²) in [6.07, 6.45) is 1.13. The molecular weight excluding hydrogens is 1340 g/mol. The molecule has 0 heterocycles. The van der Waals surface area contributed by atoms with Crippen molar-refractivity contribution in [1.82, 2.24) is 26.6 Å². The number of carboxylic acid groups (broad SMARTS) is 2. The summed E-state index contributed by atoms with van der Waals surface area (Å²) in [5, 5.41) is 44.6. The first kappa shape index (κ1) is 78.5. The van der Waals surface area contributed by atoms with Gasteiger partial charge in [0.1, 0.15) is 11.5 Å². The SMILES string of the molecule is CCCC(NC(=O)CNC(=O)CNC(=O)CNC(=O)CSC(C)=O)Oc1ccc2cc([C@H](C)C(=O)O)ccc2c1.CCCC(NC(=O)C[N-]C(=O)C[N-]C(=O)C[N-]C(=O)C[S-])Oc1ccc2cc([C@H](C)C(=O)O)ccc2c1.[Na+].[O]=[99Tc+4].[O]=[Tc](=[O])(=[O])[O-]. The number of hydrogen-bond donors (Lipinski definition) is 7. The van der Waals surface area contributed by atoms with Crippen LogP contribution in [0.3, 0.4) is 0 Å². The van der Waals surface area contributed by atoms with Gasteiger partial charge in [-0.3, -0.25) is 38.4 Å². The Balaban J connectivity index is 0.00000148. The third kappa shape index (κ3) is 34.9. The summed E-state index contributed by atoms with van der Waals surface area (Å²) >= 11 is 0.273. The zero-order valence-electron chi connectivity index (χ0n) is 46.9. The third-order valence-electron chi connectivity index (χ3n) is 10.8. The van der Waals surface area contributed by atoms with Crippen molar-refractivity contribution in [3.8, 4) is 11.5 Å². The summed E-state index contributed by atoms with van der Waals surface area (Å²) in [5.41, 5.74) is 1.39. The Morgan fingerprint density at radius 2 is 0.929 bits per heavy atom. The van der Waals surface area contributed by atoms with Crippen molar-refractivity contribution >= 4 is 110 Å². The van der Waals surface area contributed by atoms with E-state index in [9.17, 15) is 63.0 Å². The van der Waals surface area contributed by atoms with Crippen LogP contribution >= 0.6 is 11.8 Å². The maximum atomic E-state index is 12.4. The first-order chi connectivity index (χ1) is 39.6. The molecule has 4 atom stereocenters. The second-order valence-corrected chi connectivity index (χ2v) is 20.6. The number of nitrogens with one attached hydrogen (secondary N) is 5. The molecule has 4 aromatic carbocycles. The van der Waals surface area contributed by atoms with Crippen LogP contribution in [-0.2, 0) is 114 Å². The van der Waals surface area contributed by atoms with E-state index < -0.39 is 119 Å². The van der Waals surface area contributed by atoms with Crippen LogP contribution in [0.25, 0.3) is 37.5 Å². The van der Waals surface area contributed by atoms with Crippen LogP contribution in [0.5, 0.6) is 11.5 Å². The van der Waals surface area contributed by atoms with Gasteiger partial charge in [-0.1, -0.05) is 100 Å². The Morgan fingerprint density at radius 1 is 0.576 bits per heavy atom. The number of ether oxygens (including phenoxy) is 2. The number of nitrogens with zero attached hydrogens (tertiary/aromatic N) is 3. The summed E-state index contributed by atoms with van der Waals surface area (Å²) in [7, 11) is 0. The molecule has 85 heavy (non-hydrogen) atoms. The number of hydrogen-bond acceptors (Lipinski definition) is 20. The molecule has 33 heteroatoms. The van der Waals surface area contributed by atoms with Crippen LogP contribution in [0.1, 0.15) is 83.3 Å². The van der Waals surface area contributed by atoms with E-state index in [0.717, 1.165) is 58.6 Å². The van der Waals surface area contributed by atoms with Crippen molar-refractivity contribution in [1.29, 1.82) is 0 Å². The van der Waals surface area contributed by atoms with Crippen molar-refractivity contribution < 1.29 is 154 Å². The molecule has 0 aromatic heterocycles. The fraction of sp³-hybridized carbons (Fsp3) is 0.404.